The van der Waals surface area contributed by atoms with Gasteiger partial charge in [-0.1, -0.05) is 12.1 Å². The Morgan fingerprint density at radius 3 is 2.63 bits per heavy atom. The topological polar surface area (TPSA) is 105 Å². The van der Waals surface area contributed by atoms with Gasteiger partial charge in [-0.05, 0) is 29.8 Å². The number of anilines is 2. The molecule has 0 atom stereocenters. The van der Waals surface area contributed by atoms with Crippen LogP contribution in [0.1, 0.15) is 15.9 Å². The molecule has 0 radical (unpaired) electrons. The molecule has 9 nitrogen and oxygen atoms in total. The molecule has 1 aromatic carbocycles. The molecule has 2 heterocycles. The van der Waals surface area contributed by atoms with Crippen LogP contribution >= 0.6 is 0 Å². The number of halogens is 2. The molecular weight excluding hydrogens is 400 g/mol. The van der Waals surface area contributed by atoms with E-state index in [2.05, 4.69) is 30.4 Å². The zero-order valence-electron chi connectivity index (χ0n) is 16.1. The van der Waals surface area contributed by atoms with Crippen molar-refractivity contribution in [3.8, 4) is 0 Å². The fourth-order valence-electron chi connectivity index (χ4n) is 2.44. The standard InChI is InChI=1S/C19H19F2N5O4/c1-26(2)18(28)24-15-9-12(7-8-22-15)10-23-14-6-4-3-5-13(14)17(27)25-16-11-29-19(20,21)30-16/h3-9,11,23H,10H2,1-2H3,(H,25,27)(H,22,24,28). The number of carbonyl (C=O) groups excluding carboxylic acids is 2. The van der Waals surface area contributed by atoms with Gasteiger partial charge in [-0.15, -0.1) is 8.78 Å². The molecule has 3 amide bonds. The highest BCUT2D eigenvalue weighted by atomic mass is 19.3. The monoisotopic (exact) mass is 419 g/mol. The maximum Gasteiger partial charge on any atom is 0.586 e. The Morgan fingerprint density at radius 2 is 1.93 bits per heavy atom. The van der Waals surface area contributed by atoms with E-state index < -0.39 is 18.1 Å². The van der Waals surface area contributed by atoms with Crippen molar-refractivity contribution < 1.29 is 27.8 Å². The fourth-order valence-corrected chi connectivity index (χ4v) is 2.44. The summed E-state index contributed by atoms with van der Waals surface area (Å²) in [5.74, 6) is -0.764. The molecule has 0 saturated carbocycles. The van der Waals surface area contributed by atoms with Crippen LogP contribution < -0.4 is 16.0 Å². The van der Waals surface area contributed by atoms with E-state index in [1.165, 1.54) is 11.0 Å². The summed E-state index contributed by atoms with van der Waals surface area (Å²) in [5, 5.41) is 7.97. The van der Waals surface area contributed by atoms with Crippen molar-refractivity contribution in [1.29, 1.82) is 0 Å². The van der Waals surface area contributed by atoms with Crippen molar-refractivity contribution in [3.05, 3.63) is 65.9 Å². The molecule has 1 aromatic heterocycles. The summed E-state index contributed by atoms with van der Waals surface area (Å²) in [6.07, 6.45) is -1.62. The number of para-hydroxylation sites is 1. The van der Waals surface area contributed by atoms with Crippen LogP contribution in [0.25, 0.3) is 0 Å². The first-order valence-electron chi connectivity index (χ1n) is 8.76. The molecule has 11 heteroatoms. The lowest BCUT2D eigenvalue weighted by atomic mass is 10.1. The van der Waals surface area contributed by atoms with Crippen LogP contribution in [0.4, 0.5) is 25.1 Å². The average molecular weight is 419 g/mol. The Labute approximate surface area is 170 Å². The van der Waals surface area contributed by atoms with Gasteiger partial charge in [0.2, 0.25) is 5.88 Å². The molecule has 2 aromatic rings. The third-order valence-corrected chi connectivity index (χ3v) is 3.89. The number of hydrogen-bond acceptors (Lipinski definition) is 6. The fraction of sp³-hybridized carbons (Fsp3) is 0.211. The largest absolute Gasteiger partial charge is 0.586 e. The van der Waals surface area contributed by atoms with E-state index in [0.717, 1.165) is 5.56 Å². The molecule has 0 fully saturated rings. The van der Waals surface area contributed by atoms with Gasteiger partial charge in [-0.3, -0.25) is 15.4 Å². The zero-order valence-corrected chi connectivity index (χ0v) is 16.1. The normalized spacial score (nSPS) is 14.1. The van der Waals surface area contributed by atoms with Crippen molar-refractivity contribution in [2.45, 2.75) is 12.8 Å². The number of aromatic nitrogens is 1. The average Bonchev–Trinajstić information content (AvgIpc) is 3.05. The molecule has 3 rings (SSSR count). The third kappa shape index (κ3) is 5.34. The maximum absolute atomic E-state index is 12.9. The van der Waals surface area contributed by atoms with E-state index in [1.807, 2.05) is 0 Å². The van der Waals surface area contributed by atoms with Gasteiger partial charge in [0.15, 0.2) is 6.26 Å². The second-order valence-electron chi connectivity index (χ2n) is 6.39. The number of hydrogen-bond donors (Lipinski definition) is 3. The van der Waals surface area contributed by atoms with Crippen molar-refractivity contribution >= 4 is 23.4 Å². The van der Waals surface area contributed by atoms with Crippen LogP contribution in [0.3, 0.4) is 0 Å². The van der Waals surface area contributed by atoms with E-state index in [0.29, 0.717) is 24.3 Å². The summed E-state index contributed by atoms with van der Waals surface area (Å²) >= 11 is 0. The van der Waals surface area contributed by atoms with Gasteiger partial charge >= 0.3 is 12.3 Å². The molecule has 158 valence electrons. The Kier molecular flexibility index (Phi) is 6.00. The van der Waals surface area contributed by atoms with Crippen LogP contribution in [0.15, 0.2) is 54.7 Å². The van der Waals surface area contributed by atoms with Gasteiger partial charge in [0.1, 0.15) is 5.82 Å². The lowest BCUT2D eigenvalue weighted by Crippen LogP contribution is -2.27. The molecule has 1 aliphatic rings. The minimum Gasteiger partial charge on any atom is -0.402 e. The molecule has 3 N–H and O–H groups in total. The van der Waals surface area contributed by atoms with E-state index in [4.69, 9.17) is 0 Å². The first-order valence-corrected chi connectivity index (χ1v) is 8.76. The van der Waals surface area contributed by atoms with Gasteiger partial charge in [-0.2, -0.15) is 0 Å². The summed E-state index contributed by atoms with van der Waals surface area (Å²) in [6, 6.07) is 9.67. The van der Waals surface area contributed by atoms with Gasteiger partial charge in [-0.25, -0.2) is 9.78 Å². The van der Waals surface area contributed by atoms with Crippen LogP contribution in [0.2, 0.25) is 0 Å². The van der Waals surface area contributed by atoms with Crippen LogP contribution in [-0.4, -0.2) is 42.2 Å². The number of nitrogens with one attached hydrogen (secondary N) is 3. The third-order valence-electron chi connectivity index (χ3n) is 3.89. The highest BCUT2D eigenvalue weighted by Crippen LogP contribution is 2.27. The number of alkyl halides is 2. The van der Waals surface area contributed by atoms with Crippen molar-refractivity contribution in [2.75, 3.05) is 24.7 Å². The van der Waals surface area contributed by atoms with E-state index in [-0.39, 0.29) is 11.6 Å². The second kappa shape index (κ2) is 8.64. The number of benzene rings is 1. The predicted molar refractivity (Wildman–Crippen MR) is 103 cm³/mol. The number of pyridine rings is 1. The SMILES string of the molecule is CN(C)C(=O)Nc1cc(CNc2ccccc2C(=O)NC2=COC(F)(F)O2)ccn1. The molecule has 0 saturated heterocycles. The highest BCUT2D eigenvalue weighted by molar-refractivity contribution is 6.00. The maximum atomic E-state index is 12.9. The quantitative estimate of drug-likeness (QED) is 0.665. The summed E-state index contributed by atoms with van der Waals surface area (Å²) in [7, 11) is 3.23. The Balaban J connectivity index is 1.66. The minimum atomic E-state index is -3.80. The molecule has 0 unspecified atom stereocenters. The summed E-state index contributed by atoms with van der Waals surface area (Å²) in [5.41, 5.74) is 1.48. The molecule has 1 aliphatic heterocycles. The van der Waals surface area contributed by atoms with Gasteiger partial charge in [0.05, 0.1) is 5.56 Å². The van der Waals surface area contributed by atoms with Crippen LogP contribution in [0, 0.1) is 0 Å². The number of nitrogens with zero attached hydrogens (tertiary/aromatic N) is 2. The van der Waals surface area contributed by atoms with Crippen LogP contribution in [0.5, 0.6) is 0 Å². The summed E-state index contributed by atoms with van der Waals surface area (Å²) in [4.78, 5) is 29.7. The molecule has 0 bridgehead atoms. The van der Waals surface area contributed by atoms with Gasteiger partial charge in [0, 0.05) is 32.5 Å². The van der Waals surface area contributed by atoms with E-state index in [1.54, 1.807) is 50.6 Å². The van der Waals surface area contributed by atoms with Crippen molar-refractivity contribution in [3.63, 3.8) is 0 Å². The second-order valence-corrected chi connectivity index (χ2v) is 6.39. The highest BCUT2D eigenvalue weighted by Gasteiger charge is 2.41. The smallest absolute Gasteiger partial charge is 0.402 e. The van der Waals surface area contributed by atoms with Crippen LogP contribution in [-0.2, 0) is 16.0 Å². The molecular formula is C19H19F2N5O4. The first kappa shape index (κ1) is 20.8. The number of rotatable bonds is 6. The van der Waals surface area contributed by atoms with E-state index >= 15 is 0 Å². The zero-order chi connectivity index (χ0) is 21.7. The summed E-state index contributed by atoms with van der Waals surface area (Å²) in [6.45, 7) is 0.317. The number of urea groups is 1. The Hall–Kier alpha value is -3.89. The number of carbonyl (C=O) groups is 2. The Morgan fingerprint density at radius 1 is 1.17 bits per heavy atom. The van der Waals surface area contributed by atoms with Crippen molar-refractivity contribution in [1.82, 2.24) is 15.2 Å². The van der Waals surface area contributed by atoms with Crippen molar-refractivity contribution in [2.24, 2.45) is 0 Å². The minimum absolute atomic E-state index is 0.215. The van der Waals surface area contributed by atoms with Gasteiger partial charge in [0.25, 0.3) is 5.91 Å². The molecule has 0 spiro atoms. The first-order chi connectivity index (χ1) is 14.2. The summed E-state index contributed by atoms with van der Waals surface area (Å²) < 4.78 is 34.0. The molecule has 30 heavy (non-hydrogen) atoms. The van der Waals surface area contributed by atoms with E-state index in [9.17, 15) is 18.4 Å². The van der Waals surface area contributed by atoms with Gasteiger partial charge < -0.3 is 19.7 Å². The Bertz CT molecular complexity index is 981. The predicted octanol–water partition coefficient (Wildman–Crippen LogP) is 2.91. The number of amides is 3. The number of ether oxygens (including phenoxy) is 2. The lowest BCUT2D eigenvalue weighted by molar-refractivity contribution is -0.334. The lowest BCUT2D eigenvalue weighted by Gasteiger charge is -2.14. The molecule has 0 aliphatic carbocycles.